The number of carbonyl (C=O) groups is 10. The molecule has 0 spiro atoms. The molecule has 9 aliphatic rings. The number of nitrogens with zero attached hydrogens (tertiary/aromatic N) is 12. The monoisotopic (exact) mass is 2080 g/mol. The zero-order valence-electron chi connectivity index (χ0n) is 89.4. The molecule has 0 radical (unpaired) electrons. The number of benzene rings is 5. The van der Waals surface area contributed by atoms with Crippen molar-refractivity contribution in [2.45, 2.75) is 275 Å². The van der Waals surface area contributed by atoms with Gasteiger partial charge in [0.25, 0.3) is 0 Å². The van der Waals surface area contributed by atoms with Crippen LogP contribution in [0.1, 0.15) is 306 Å². The number of alkyl halides is 3. The fourth-order valence-electron chi connectivity index (χ4n) is 17.9. The number of methoxy groups -OCH3 is 1. The van der Waals surface area contributed by atoms with Crippen LogP contribution in [0.2, 0.25) is 0 Å². The van der Waals surface area contributed by atoms with Crippen molar-refractivity contribution in [3.8, 4) is 0 Å². The molecule has 5 aliphatic heterocycles. The Morgan fingerprint density at radius 1 is 0.447 bits per heavy atom. The Hall–Kier alpha value is -12.5. The molecule has 150 heavy (non-hydrogen) atoms. The van der Waals surface area contributed by atoms with Crippen LogP contribution in [-0.4, -0.2) is 230 Å². The molecular weight excluding hydrogens is 1930 g/mol. The van der Waals surface area contributed by atoms with E-state index >= 15 is 0 Å². The number of anilines is 6. The molecule has 4 aliphatic carbocycles. The topological polar surface area (TPSA) is 399 Å². The Bertz CT molecular complexity index is 5850. The number of halogens is 4. The third-order valence-corrected chi connectivity index (χ3v) is 27.6. The molecule has 5 atom stereocenters. The number of aromatic amines is 2. The van der Waals surface area contributed by atoms with Crippen LogP contribution in [0.5, 0.6) is 0 Å². The maximum atomic E-state index is 13.0. The number of carboxylic acids is 1. The molecule has 9 aromatic rings. The van der Waals surface area contributed by atoms with E-state index < -0.39 is 53.0 Å². The van der Waals surface area contributed by atoms with Crippen LogP contribution in [-0.2, 0) is 71.8 Å². The minimum absolute atomic E-state index is 0. The summed E-state index contributed by atoms with van der Waals surface area (Å²) in [5.74, 6) is 0.829. The summed E-state index contributed by atoms with van der Waals surface area (Å²) in [6.07, 6.45) is 17.5. The van der Waals surface area contributed by atoms with Crippen LogP contribution in [0.25, 0.3) is 0 Å². The molecule has 806 valence electrons. The second-order valence-electron chi connectivity index (χ2n) is 41.5. The summed E-state index contributed by atoms with van der Waals surface area (Å²) in [5, 5.41) is 35.0. The molecule has 9 heterocycles. The number of piperidine rings is 3. The van der Waals surface area contributed by atoms with E-state index in [-0.39, 0.29) is 83.7 Å². The molecule has 36 heteroatoms. The predicted octanol–water partition coefficient (Wildman–Crippen LogP) is 17.6. The molecule has 5 saturated heterocycles. The predicted molar refractivity (Wildman–Crippen MR) is 575 cm³/mol. The van der Waals surface area contributed by atoms with Crippen molar-refractivity contribution >= 4 is 105 Å². The van der Waals surface area contributed by atoms with Crippen molar-refractivity contribution in [3.05, 3.63) is 239 Å². The second kappa shape index (κ2) is 57.7. The van der Waals surface area contributed by atoms with E-state index in [0.29, 0.717) is 61.1 Å². The Morgan fingerprint density at radius 3 is 1.06 bits per heavy atom. The molecule has 0 bridgehead atoms. The molecule has 18 rings (SSSR count). The van der Waals surface area contributed by atoms with Crippen molar-refractivity contribution in [1.29, 1.82) is 0 Å². The minimum atomic E-state index is -4.64. The number of carbonyl (C=O) groups excluding carboxylic acids is 9. The molecule has 5 unspecified atom stereocenters. The van der Waals surface area contributed by atoms with Crippen LogP contribution in [0.15, 0.2) is 171 Å². The van der Waals surface area contributed by atoms with E-state index in [4.69, 9.17) is 41.4 Å². The Balaban J connectivity index is 0.000000198. The fourth-order valence-corrected chi connectivity index (χ4v) is 17.9. The number of H-pyrrole nitrogens is 2. The van der Waals surface area contributed by atoms with Gasteiger partial charge < -0.3 is 65.2 Å². The van der Waals surface area contributed by atoms with Gasteiger partial charge in [-0.2, -0.15) is 37.8 Å². The van der Waals surface area contributed by atoms with E-state index in [1.54, 1.807) is 13.0 Å². The Kier molecular flexibility index (Phi) is 46.5. The molecule has 1 amide bonds. The van der Waals surface area contributed by atoms with Crippen LogP contribution in [0.4, 0.5) is 57.0 Å². The normalized spacial score (nSPS) is 16.9. The van der Waals surface area contributed by atoms with E-state index in [1.165, 1.54) is 129 Å². The van der Waals surface area contributed by atoms with Crippen LogP contribution >= 0.6 is 11.6 Å². The number of rotatable bonds is 27. The van der Waals surface area contributed by atoms with Gasteiger partial charge in [-0.3, -0.25) is 48.6 Å². The van der Waals surface area contributed by atoms with Crippen molar-refractivity contribution < 1.29 is 105 Å². The average Bonchev–Trinajstić information content (AvgIpc) is 1.64. The standard InChI is InChI=1S/C26H35N3O3.C23H28N4O2.C20H26N4O.C15H21NO2.C14H19NO2.C11H17N3O2.C3H3ClO.C2HF3O.Li.H2O/c1-18(19-10-12-22(13-11-19)28-14-6-5-7-15-28)24(30)17-21-16-23(20-8-9-20)29(27-21)25(31)32-26(2,3)4;1-3-23(29)27-12-10-26(11-13-27)20-8-6-17(7-9-20)16(2)22(28)15-19-14-21(25-24-19)18-4-5-18;1-14(20(25)13-17-12-19(23-22-17)16-2-3-16)15-4-6-18(7-5-15)24-10-8-21-9-11-24;1-12(15(17)18-2)13-6-8-14(9-7-13)16-10-4-3-5-11-16;1-11(14(16)17)12-5-7-13(8-6-12)15-9-3-2-4-10-15;1-11(2,3)16-10(15)14-8(7-4-5-7)6-9(12)13-14;1-2-3(4)5;3-2(4,5)1-6;;/h10-13,16,18,20H,5-9,14-15,17H2,1-4H3;3,6-9,14,16,18H,1,4-5,10-13,15H2,2H3,(H,24,25);4-7,12,14,16,21H,2-3,8-11,13H2,1H3,(H,22,23);6-9,12H,3-5,10-11H2,1-2H3;5-8,11H,2-4,9-10H2,1H3,(H,16,17);6-7H,4-5H2,1-3H3,(H2,12,13);2H,1H2;1H;;1H2/q;;;;;;;;+1;/p-1. The first kappa shape index (κ1) is 121. The Labute approximate surface area is 897 Å². The molecule has 7 N–H and O–H groups in total. The van der Waals surface area contributed by atoms with Gasteiger partial charge in [0.2, 0.25) is 17.4 Å². The number of nitrogens with two attached hydrogens (primary N) is 1. The largest absolute Gasteiger partial charge is 1.00 e. The molecular formula is C114H151ClF3LiN16O15. The number of nitrogen functional groups attached to an aromatic ring is 1. The van der Waals surface area contributed by atoms with Gasteiger partial charge in [-0.15, -0.1) is 5.10 Å². The van der Waals surface area contributed by atoms with Gasteiger partial charge >= 0.3 is 49.2 Å². The van der Waals surface area contributed by atoms with Gasteiger partial charge in [0.05, 0.1) is 53.8 Å². The quantitative estimate of drug-likeness (QED) is 0.00797. The number of aromatic nitrogens is 8. The number of ketones is 3. The van der Waals surface area contributed by atoms with Crippen molar-refractivity contribution in [1.82, 2.24) is 50.2 Å². The summed E-state index contributed by atoms with van der Waals surface area (Å²) < 4.78 is 49.4. The third kappa shape index (κ3) is 38.5. The van der Waals surface area contributed by atoms with Gasteiger partial charge in [0.1, 0.15) is 34.4 Å². The number of aldehydes is 1. The van der Waals surface area contributed by atoms with E-state index in [2.05, 4.69) is 152 Å². The summed E-state index contributed by atoms with van der Waals surface area (Å²) in [6, 6.07) is 49.1. The van der Waals surface area contributed by atoms with Crippen molar-refractivity contribution in [2.24, 2.45) is 0 Å². The zero-order valence-corrected chi connectivity index (χ0v) is 90.2. The van der Waals surface area contributed by atoms with Gasteiger partial charge in [0, 0.05) is 192 Å². The molecule has 5 aromatic carbocycles. The zero-order chi connectivity index (χ0) is 107. The summed E-state index contributed by atoms with van der Waals surface area (Å²) >= 11 is 4.71. The SMILES string of the molecule is C=CC(=O)Cl.C=CC(=O)N1CCN(c2ccc(C(C)C(=O)Cc3cc(C4CC4)n[nH]3)cc2)CC1.CC(C(=O)Cc1cc(C2CC2)n(C(=O)OC(C)(C)C)n1)c1ccc(N2CCCCC2)cc1.CC(C(=O)Cc1cc(C2CC2)n[nH]1)c1ccc(N2CCNCC2)cc1.CC(C(=O)O)c1ccc(N2CCCCC2)cc1.CC(C)(C)OC(=O)n1nc(N)cc1C1CC1.COC(=O)C(C)c1ccc(N2CCCCC2)cc1.O=CC(F)(F)F.[Li+].[OH-]. The summed E-state index contributed by atoms with van der Waals surface area (Å²) in [4.78, 5) is 129. The minimum Gasteiger partial charge on any atom is -0.870 e. The summed E-state index contributed by atoms with van der Waals surface area (Å²) in [7, 11) is 1.43. The number of piperazine rings is 2. The molecule has 4 saturated carbocycles. The molecule has 4 aromatic heterocycles. The van der Waals surface area contributed by atoms with E-state index in [0.717, 1.165) is 178 Å². The number of Topliss-reactive ketones (excluding diaryl/α,β-unsaturated/α-hetero) is 3. The van der Waals surface area contributed by atoms with E-state index in [1.807, 2.05) is 135 Å². The number of amides is 1. The van der Waals surface area contributed by atoms with Gasteiger partial charge in [0.15, 0.2) is 0 Å². The maximum absolute atomic E-state index is 13.0. The molecule has 9 fully saturated rings. The first-order chi connectivity index (χ1) is 70.6. The van der Waals surface area contributed by atoms with Crippen LogP contribution in [0, 0.1) is 0 Å². The molecule has 31 nitrogen and oxygen atoms in total. The number of hydrogen-bond acceptors (Lipinski definition) is 25. The number of allylic oxidation sites excluding steroid dienone is 1. The number of carboxylic acid groups (broad SMARTS) is 1. The summed E-state index contributed by atoms with van der Waals surface area (Å²) in [6.45, 7) is 41.0. The number of ether oxygens (including phenoxy) is 3. The maximum Gasteiger partial charge on any atom is 1.00 e. The smallest absolute Gasteiger partial charge is 0.870 e. The van der Waals surface area contributed by atoms with Gasteiger partial charge in [-0.25, -0.2) is 9.59 Å². The van der Waals surface area contributed by atoms with Crippen LogP contribution < -0.4 is 54.4 Å². The first-order valence-electron chi connectivity index (χ1n) is 52.2. The number of hydrogen-bond donors (Lipinski definition) is 5. The van der Waals surface area contributed by atoms with E-state index in [9.17, 15) is 56.3 Å². The number of esters is 1. The number of nitrogens with one attached hydrogen (secondary N) is 3. The summed E-state index contributed by atoms with van der Waals surface area (Å²) in [5.41, 5.74) is 22.0. The van der Waals surface area contributed by atoms with Crippen molar-refractivity contribution in [2.75, 3.05) is 129 Å². The van der Waals surface area contributed by atoms with Crippen molar-refractivity contribution in [3.63, 3.8) is 0 Å². The average molecular weight is 2080 g/mol. The van der Waals surface area contributed by atoms with Crippen LogP contribution in [0.3, 0.4) is 0 Å². The van der Waals surface area contributed by atoms with Gasteiger partial charge in [-0.1, -0.05) is 94.6 Å². The fraction of sp³-hybridized carbons (Fsp3) is 0.509. The number of aliphatic carboxylic acids is 1. The third-order valence-electron chi connectivity index (χ3n) is 27.5. The Morgan fingerprint density at radius 2 is 0.753 bits per heavy atom. The second-order valence-corrected chi connectivity index (χ2v) is 41.9. The van der Waals surface area contributed by atoms with Gasteiger partial charge in [-0.05, 0) is 295 Å². The first-order valence-corrected chi connectivity index (χ1v) is 52.5.